The number of rotatable bonds is 2. The number of hydrogen-bond acceptors (Lipinski definition) is 3. The van der Waals surface area contributed by atoms with E-state index >= 15 is 0 Å². The van der Waals surface area contributed by atoms with E-state index in [9.17, 15) is 4.39 Å². The molecule has 0 N–H and O–H groups in total. The van der Waals surface area contributed by atoms with Crippen LogP contribution in [0.25, 0.3) is 22.2 Å². The molecule has 0 aliphatic heterocycles. The van der Waals surface area contributed by atoms with Gasteiger partial charge in [0.1, 0.15) is 5.69 Å². The van der Waals surface area contributed by atoms with E-state index in [2.05, 4.69) is 44.8 Å². The molecule has 0 spiro atoms. The van der Waals surface area contributed by atoms with Gasteiger partial charge in [-0.25, -0.2) is 14.4 Å². The van der Waals surface area contributed by atoms with Crippen LogP contribution in [-0.2, 0) is 7.05 Å². The Balaban J connectivity index is 2.25. The molecule has 0 bridgehead atoms. The maximum absolute atomic E-state index is 14.0. The van der Waals surface area contributed by atoms with E-state index in [0.717, 1.165) is 22.2 Å². The molecule has 0 aliphatic rings. The van der Waals surface area contributed by atoms with Crippen molar-refractivity contribution < 1.29 is 4.39 Å². The van der Waals surface area contributed by atoms with Crippen LogP contribution in [-0.4, -0.2) is 19.7 Å². The Hall–Kier alpha value is -1.82. The zero-order valence-electron chi connectivity index (χ0n) is 11.9. The minimum absolute atomic E-state index is 0.289. The van der Waals surface area contributed by atoms with E-state index in [1.807, 2.05) is 29.9 Å². The summed E-state index contributed by atoms with van der Waals surface area (Å²) in [5.41, 5.74) is 3.04. The number of nitrogens with zero attached hydrogens (tertiary/aromatic N) is 4. The van der Waals surface area contributed by atoms with Crippen molar-refractivity contribution in [3.05, 3.63) is 40.6 Å². The minimum atomic E-state index is -0.437. The SMILES string of the molecule is CC(C)c1c2cc(-c3nc(Br)ncc3F)ccc2nn1C. The molecular formula is C15H14BrFN4. The van der Waals surface area contributed by atoms with Crippen LogP contribution in [0.2, 0.25) is 0 Å². The molecule has 0 amide bonds. The minimum Gasteiger partial charge on any atom is -0.271 e. The molecule has 3 rings (SSSR count). The van der Waals surface area contributed by atoms with Crippen molar-refractivity contribution >= 4 is 26.8 Å². The fourth-order valence-corrected chi connectivity index (χ4v) is 2.88. The first-order valence-electron chi connectivity index (χ1n) is 6.62. The van der Waals surface area contributed by atoms with Gasteiger partial charge in [0.15, 0.2) is 10.6 Å². The second-order valence-corrected chi connectivity index (χ2v) is 5.94. The average Bonchev–Trinajstić information content (AvgIpc) is 2.76. The van der Waals surface area contributed by atoms with E-state index in [1.54, 1.807) is 0 Å². The quantitative estimate of drug-likeness (QED) is 0.656. The van der Waals surface area contributed by atoms with Gasteiger partial charge in [-0.05, 0) is 34.0 Å². The summed E-state index contributed by atoms with van der Waals surface area (Å²) in [6, 6.07) is 5.67. The summed E-state index contributed by atoms with van der Waals surface area (Å²) < 4.78 is 16.2. The van der Waals surface area contributed by atoms with Crippen molar-refractivity contribution in [1.29, 1.82) is 0 Å². The lowest BCUT2D eigenvalue weighted by Gasteiger charge is -2.07. The molecule has 0 fully saturated rings. The van der Waals surface area contributed by atoms with Crippen molar-refractivity contribution in [3.8, 4) is 11.3 Å². The standard InChI is InChI=1S/C15H14BrFN4/c1-8(2)14-10-6-9(4-5-12(10)20-21(14)3)13-11(17)7-18-15(16)19-13/h4-8H,1-3H3. The zero-order chi connectivity index (χ0) is 15.1. The largest absolute Gasteiger partial charge is 0.271 e. The Morgan fingerprint density at radius 1 is 1.29 bits per heavy atom. The van der Waals surface area contributed by atoms with Crippen LogP contribution < -0.4 is 0 Å². The van der Waals surface area contributed by atoms with Crippen LogP contribution in [0.3, 0.4) is 0 Å². The third-order valence-electron chi connectivity index (χ3n) is 3.41. The maximum Gasteiger partial charge on any atom is 0.197 e. The Bertz CT molecular complexity index is 826. The molecule has 0 unspecified atom stereocenters. The van der Waals surface area contributed by atoms with Crippen LogP contribution in [0.15, 0.2) is 29.1 Å². The highest BCUT2D eigenvalue weighted by Crippen LogP contribution is 2.30. The third kappa shape index (κ3) is 2.44. The van der Waals surface area contributed by atoms with E-state index < -0.39 is 5.82 Å². The van der Waals surface area contributed by atoms with E-state index in [4.69, 9.17) is 0 Å². The number of halogens is 2. The molecule has 2 heterocycles. The molecule has 0 radical (unpaired) electrons. The molecule has 0 saturated carbocycles. The van der Waals surface area contributed by atoms with Crippen molar-refractivity contribution in [1.82, 2.24) is 19.7 Å². The fraction of sp³-hybridized carbons (Fsp3) is 0.267. The molecule has 0 saturated heterocycles. The number of aromatic nitrogens is 4. The summed E-state index contributed by atoms with van der Waals surface area (Å²) in [4.78, 5) is 7.93. The van der Waals surface area contributed by atoms with Gasteiger partial charge in [0.05, 0.1) is 11.7 Å². The Kier molecular flexibility index (Phi) is 3.49. The third-order valence-corrected chi connectivity index (χ3v) is 3.80. The van der Waals surface area contributed by atoms with Gasteiger partial charge in [-0.3, -0.25) is 4.68 Å². The topological polar surface area (TPSA) is 43.6 Å². The Morgan fingerprint density at radius 2 is 2.05 bits per heavy atom. The van der Waals surface area contributed by atoms with Gasteiger partial charge in [0.2, 0.25) is 0 Å². The smallest absolute Gasteiger partial charge is 0.197 e. The Labute approximate surface area is 130 Å². The number of benzene rings is 1. The predicted octanol–water partition coefficient (Wildman–Crippen LogP) is 4.06. The predicted molar refractivity (Wildman–Crippen MR) is 83.5 cm³/mol. The fourth-order valence-electron chi connectivity index (χ4n) is 2.60. The van der Waals surface area contributed by atoms with Crippen LogP contribution in [0.1, 0.15) is 25.5 Å². The van der Waals surface area contributed by atoms with E-state index in [0.29, 0.717) is 10.7 Å². The van der Waals surface area contributed by atoms with E-state index in [1.165, 1.54) is 6.20 Å². The highest BCUT2D eigenvalue weighted by atomic mass is 79.9. The van der Waals surface area contributed by atoms with Gasteiger partial charge >= 0.3 is 0 Å². The molecular weight excluding hydrogens is 335 g/mol. The summed E-state index contributed by atoms with van der Waals surface area (Å²) in [6.45, 7) is 4.23. The van der Waals surface area contributed by atoms with Crippen LogP contribution in [0.4, 0.5) is 4.39 Å². The van der Waals surface area contributed by atoms with Crippen molar-refractivity contribution in [3.63, 3.8) is 0 Å². The van der Waals surface area contributed by atoms with E-state index in [-0.39, 0.29) is 5.69 Å². The normalized spacial score (nSPS) is 11.5. The lowest BCUT2D eigenvalue weighted by atomic mass is 10.0. The highest BCUT2D eigenvalue weighted by molar-refractivity contribution is 9.10. The molecule has 6 heteroatoms. The van der Waals surface area contributed by atoms with Gasteiger partial charge in [-0.15, -0.1) is 0 Å². The highest BCUT2D eigenvalue weighted by Gasteiger charge is 2.15. The second kappa shape index (κ2) is 5.18. The Morgan fingerprint density at radius 3 is 2.76 bits per heavy atom. The zero-order valence-corrected chi connectivity index (χ0v) is 13.5. The first-order valence-corrected chi connectivity index (χ1v) is 7.41. The van der Waals surface area contributed by atoms with Crippen LogP contribution in [0.5, 0.6) is 0 Å². The summed E-state index contributed by atoms with van der Waals surface area (Å²) in [6.07, 6.45) is 1.17. The number of fused-ring (bicyclic) bond motifs is 1. The first kappa shape index (κ1) is 14.1. The molecule has 2 aromatic heterocycles. The molecule has 4 nitrogen and oxygen atoms in total. The maximum atomic E-state index is 14.0. The molecule has 108 valence electrons. The summed E-state index contributed by atoms with van der Waals surface area (Å²) in [5.74, 6) is -0.107. The molecule has 0 aliphatic carbocycles. The summed E-state index contributed by atoms with van der Waals surface area (Å²) in [5, 5.41) is 5.52. The van der Waals surface area contributed by atoms with Crippen LogP contribution in [0, 0.1) is 5.82 Å². The second-order valence-electron chi connectivity index (χ2n) is 5.23. The molecule has 21 heavy (non-hydrogen) atoms. The molecule has 3 aromatic rings. The van der Waals surface area contributed by atoms with Crippen molar-refractivity contribution in [2.45, 2.75) is 19.8 Å². The van der Waals surface area contributed by atoms with Crippen molar-refractivity contribution in [2.24, 2.45) is 7.05 Å². The average molecular weight is 349 g/mol. The van der Waals surface area contributed by atoms with Crippen LogP contribution >= 0.6 is 15.9 Å². The summed E-state index contributed by atoms with van der Waals surface area (Å²) >= 11 is 3.18. The van der Waals surface area contributed by atoms with Gasteiger partial charge < -0.3 is 0 Å². The van der Waals surface area contributed by atoms with Gasteiger partial charge in [-0.2, -0.15) is 5.10 Å². The van der Waals surface area contributed by atoms with Gasteiger partial charge in [0.25, 0.3) is 0 Å². The number of hydrogen-bond donors (Lipinski definition) is 0. The lowest BCUT2D eigenvalue weighted by molar-refractivity contribution is 0.616. The first-order chi connectivity index (χ1) is 9.97. The number of aryl methyl sites for hydroxylation is 1. The molecule has 1 aromatic carbocycles. The monoisotopic (exact) mass is 348 g/mol. The molecule has 0 atom stereocenters. The van der Waals surface area contributed by atoms with Crippen molar-refractivity contribution in [2.75, 3.05) is 0 Å². The van der Waals surface area contributed by atoms with Gasteiger partial charge in [0, 0.05) is 23.7 Å². The van der Waals surface area contributed by atoms with Gasteiger partial charge in [-0.1, -0.05) is 19.9 Å². The lowest BCUT2D eigenvalue weighted by Crippen LogP contribution is -1.99. The summed E-state index contributed by atoms with van der Waals surface area (Å²) in [7, 11) is 1.93.